The van der Waals surface area contributed by atoms with Gasteiger partial charge in [0.15, 0.2) is 0 Å². The number of halogens is 1. The standard InChI is InChI=1S/C23H31ClN6O4S/c1-2-35(32,33)30-7-3-4-17(15-30)23(31)29-21-10-18(19(24)12-27-21)20-13-25-14-22(28-20)26-11-16-5-8-34-9-6-16/h10,12-14,16-17H,2-9,11,15H2,1H3,(H,26,28)(H,27,29,31). The number of piperidine rings is 1. The van der Waals surface area contributed by atoms with Gasteiger partial charge in [0, 0.05) is 44.6 Å². The van der Waals surface area contributed by atoms with Crippen LogP contribution in [0.15, 0.2) is 24.7 Å². The lowest BCUT2D eigenvalue weighted by Gasteiger charge is -2.30. The fraction of sp³-hybridized carbons (Fsp3) is 0.565. The summed E-state index contributed by atoms with van der Waals surface area (Å²) in [7, 11) is -3.33. The van der Waals surface area contributed by atoms with Crippen LogP contribution in [0.4, 0.5) is 11.6 Å². The fourth-order valence-electron chi connectivity index (χ4n) is 4.30. The Morgan fingerprint density at radius 2 is 2.00 bits per heavy atom. The van der Waals surface area contributed by atoms with Gasteiger partial charge in [-0.3, -0.25) is 9.78 Å². The number of carbonyl (C=O) groups is 1. The maximum Gasteiger partial charge on any atom is 0.229 e. The number of hydrogen-bond acceptors (Lipinski definition) is 8. The third-order valence-electron chi connectivity index (χ3n) is 6.44. The van der Waals surface area contributed by atoms with E-state index in [1.54, 1.807) is 25.4 Å². The molecule has 0 aromatic carbocycles. The molecule has 1 atom stereocenters. The molecule has 0 spiro atoms. The van der Waals surface area contributed by atoms with Gasteiger partial charge in [-0.2, -0.15) is 0 Å². The van der Waals surface area contributed by atoms with Crippen LogP contribution in [-0.2, 0) is 19.6 Å². The van der Waals surface area contributed by atoms with Gasteiger partial charge in [-0.1, -0.05) is 11.6 Å². The lowest BCUT2D eigenvalue weighted by Crippen LogP contribution is -2.44. The molecule has 12 heteroatoms. The smallest absolute Gasteiger partial charge is 0.229 e. The van der Waals surface area contributed by atoms with Gasteiger partial charge in [-0.05, 0) is 44.6 Å². The molecule has 2 aliphatic heterocycles. The van der Waals surface area contributed by atoms with Gasteiger partial charge in [0.1, 0.15) is 11.6 Å². The Balaban J connectivity index is 1.43. The number of anilines is 2. The number of nitrogens with one attached hydrogen (secondary N) is 2. The molecule has 2 aliphatic rings. The van der Waals surface area contributed by atoms with Gasteiger partial charge in [0.05, 0.1) is 34.8 Å². The molecule has 190 valence electrons. The summed E-state index contributed by atoms with van der Waals surface area (Å²) in [5, 5.41) is 6.55. The van der Waals surface area contributed by atoms with Crippen LogP contribution in [0.1, 0.15) is 32.6 Å². The molecular weight excluding hydrogens is 492 g/mol. The summed E-state index contributed by atoms with van der Waals surface area (Å²) < 4.78 is 31.3. The molecule has 2 fully saturated rings. The molecule has 1 amide bonds. The zero-order valence-corrected chi connectivity index (χ0v) is 21.3. The lowest BCUT2D eigenvalue weighted by atomic mass is 9.99. The molecule has 0 radical (unpaired) electrons. The number of amides is 1. The minimum absolute atomic E-state index is 0.0213. The van der Waals surface area contributed by atoms with Crippen molar-refractivity contribution in [3.63, 3.8) is 0 Å². The summed E-state index contributed by atoms with van der Waals surface area (Å²) in [6.45, 7) is 4.59. The van der Waals surface area contributed by atoms with Crippen LogP contribution in [0, 0.1) is 11.8 Å². The first-order valence-corrected chi connectivity index (χ1v) is 13.9. The van der Waals surface area contributed by atoms with E-state index >= 15 is 0 Å². The number of rotatable bonds is 8. The van der Waals surface area contributed by atoms with Crippen molar-refractivity contribution < 1.29 is 17.9 Å². The van der Waals surface area contributed by atoms with E-state index < -0.39 is 15.9 Å². The van der Waals surface area contributed by atoms with Crippen molar-refractivity contribution in [2.75, 3.05) is 49.2 Å². The van der Waals surface area contributed by atoms with Crippen molar-refractivity contribution in [2.45, 2.75) is 32.6 Å². The van der Waals surface area contributed by atoms with Crippen LogP contribution in [0.25, 0.3) is 11.3 Å². The molecule has 4 heterocycles. The normalized spacial score (nSPS) is 19.9. The van der Waals surface area contributed by atoms with Gasteiger partial charge >= 0.3 is 0 Å². The number of nitrogens with zero attached hydrogens (tertiary/aromatic N) is 4. The summed E-state index contributed by atoms with van der Waals surface area (Å²) in [5.74, 6) is 0.818. The Bertz CT molecular complexity index is 1140. The van der Waals surface area contributed by atoms with Crippen LogP contribution >= 0.6 is 11.6 Å². The van der Waals surface area contributed by atoms with Crippen molar-refractivity contribution in [2.24, 2.45) is 11.8 Å². The highest BCUT2D eigenvalue weighted by molar-refractivity contribution is 7.89. The molecule has 2 aromatic rings. The Kier molecular flexibility index (Phi) is 8.53. The van der Waals surface area contributed by atoms with Gasteiger partial charge in [0.2, 0.25) is 15.9 Å². The highest BCUT2D eigenvalue weighted by Crippen LogP contribution is 2.29. The highest BCUT2D eigenvalue weighted by atomic mass is 35.5. The molecule has 10 nitrogen and oxygen atoms in total. The molecule has 0 bridgehead atoms. The van der Waals surface area contributed by atoms with E-state index in [1.807, 2.05) is 0 Å². The predicted molar refractivity (Wildman–Crippen MR) is 135 cm³/mol. The molecular formula is C23H31ClN6O4S. The van der Waals surface area contributed by atoms with Crippen LogP contribution < -0.4 is 10.6 Å². The van der Waals surface area contributed by atoms with Crippen molar-refractivity contribution in [3.8, 4) is 11.3 Å². The van der Waals surface area contributed by atoms with E-state index in [0.717, 1.165) is 32.6 Å². The fourth-order valence-corrected chi connectivity index (χ4v) is 5.68. The zero-order valence-electron chi connectivity index (χ0n) is 19.7. The predicted octanol–water partition coefficient (Wildman–Crippen LogP) is 3.03. The van der Waals surface area contributed by atoms with Crippen molar-refractivity contribution in [3.05, 3.63) is 29.7 Å². The third kappa shape index (κ3) is 6.66. The summed E-state index contributed by atoms with van der Waals surface area (Å²) in [5.41, 5.74) is 1.15. The minimum atomic E-state index is -3.33. The van der Waals surface area contributed by atoms with Gasteiger partial charge in [0.25, 0.3) is 0 Å². The largest absolute Gasteiger partial charge is 0.381 e. The second kappa shape index (κ2) is 11.6. The van der Waals surface area contributed by atoms with E-state index in [1.165, 1.54) is 10.5 Å². The first kappa shape index (κ1) is 25.7. The van der Waals surface area contributed by atoms with Gasteiger partial charge in [-0.25, -0.2) is 22.7 Å². The third-order valence-corrected chi connectivity index (χ3v) is 8.59. The Morgan fingerprint density at radius 3 is 2.77 bits per heavy atom. The average Bonchev–Trinajstić information content (AvgIpc) is 2.89. The summed E-state index contributed by atoms with van der Waals surface area (Å²) in [4.78, 5) is 26.1. The summed E-state index contributed by atoms with van der Waals surface area (Å²) in [6, 6.07) is 1.66. The monoisotopic (exact) mass is 522 g/mol. The van der Waals surface area contributed by atoms with Gasteiger partial charge in [-0.15, -0.1) is 0 Å². The molecule has 2 N–H and O–H groups in total. The van der Waals surface area contributed by atoms with Crippen molar-refractivity contribution >= 4 is 39.2 Å². The van der Waals surface area contributed by atoms with Crippen molar-refractivity contribution in [1.82, 2.24) is 19.3 Å². The molecule has 0 aliphatic carbocycles. The number of sulfonamides is 1. The molecule has 0 saturated carbocycles. The van der Waals surface area contributed by atoms with E-state index in [9.17, 15) is 13.2 Å². The first-order valence-electron chi connectivity index (χ1n) is 11.9. The van der Waals surface area contributed by atoms with Gasteiger partial charge < -0.3 is 15.4 Å². The molecule has 2 aromatic heterocycles. The molecule has 4 rings (SSSR count). The lowest BCUT2D eigenvalue weighted by molar-refractivity contribution is -0.120. The summed E-state index contributed by atoms with van der Waals surface area (Å²) in [6.07, 6.45) is 8.03. The van der Waals surface area contributed by atoms with Crippen molar-refractivity contribution in [1.29, 1.82) is 0 Å². The zero-order chi connectivity index (χ0) is 24.8. The molecule has 2 saturated heterocycles. The topological polar surface area (TPSA) is 126 Å². The highest BCUT2D eigenvalue weighted by Gasteiger charge is 2.31. The summed E-state index contributed by atoms with van der Waals surface area (Å²) >= 11 is 6.40. The quantitative estimate of drug-likeness (QED) is 0.541. The maximum atomic E-state index is 12.9. The Hall–Kier alpha value is -2.34. The van der Waals surface area contributed by atoms with Crippen LogP contribution in [-0.4, -0.2) is 72.2 Å². The SMILES string of the molecule is CCS(=O)(=O)N1CCCC(C(=O)Nc2cc(-c3cncc(NCC4CCOCC4)n3)c(Cl)cn2)C1. The van der Waals surface area contributed by atoms with E-state index in [4.69, 9.17) is 16.3 Å². The van der Waals surface area contributed by atoms with Crippen LogP contribution in [0.3, 0.4) is 0 Å². The minimum Gasteiger partial charge on any atom is -0.381 e. The van der Waals surface area contributed by atoms with E-state index in [-0.39, 0.29) is 18.2 Å². The number of ether oxygens (including phenoxy) is 1. The Labute approximate surface area is 210 Å². The average molecular weight is 523 g/mol. The van der Waals surface area contributed by atoms with E-state index in [0.29, 0.717) is 53.2 Å². The molecule has 35 heavy (non-hydrogen) atoms. The molecule has 1 unspecified atom stereocenters. The number of hydrogen-bond donors (Lipinski definition) is 2. The van der Waals surface area contributed by atoms with E-state index in [2.05, 4.69) is 25.6 Å². The maximum absolute atomic E-state index is 12.9. The first-order chi connectivity index (χ1) is 16.9. The number of carbonyl (C=O) groups excluding carboxylic acids is 1. The Morgan fingerprint density at radius 1 is 1.20 bits per heavy atom. The number of pyridine rings is 1. The van der Waals surface area contributed by atoms with Crippen LogP contribution in [0.2, 0.25) is 5.02 Å². The van der Waals surface area contributed by atoms with Crippen LogP contribution in [0.5, 0.6) is 0 Å². The second-order valence-electron chi connectivity index (χ2n) is 8.86. The second-order valence-corrected chi connectivity index (χ2v) is 11.5. The number of aromatic nitrogens is 3.